The van der Waals surface area contributed by atoms with E-state index in [1.165, 1.54) is 23.8 Å². The monoisotopic (exact) mass is 474 g/mol. The number of aryl methyl sites for hydroxylation is 1. The van der Waals surface area contributed by atoms with Crippen molar-refractivity contribution in [1.29, 1.82) is 0 Å². The molecule has 0 atom stereocenters. The predicted octanol–water partition coefficient (Wildman–Crippen LogP) is 1.85. The van der Waals surface area contributed by atoms with E-state index in [4.69, 9.17) is 0 Å². The number of carbonyl (C=O) groups excluding carboxylic acids is 1. The van der Waals surface area contributed by atoms with Gasteiger partial charge in [0.25, 0.3) is 10.0 Å². The summed E-state index contributed by atoms with van der Waals surface area (Å²) in [4.78, 5) is 30.0. The molecule has 0 aromatic carbocycles. The Kier molecular flexibility index (Phi) is 6.30. The molecule has 0 bridgehead atoms. The number of sulfonamides is 1. The van der Waals surface area contributed by atoms with E-state index in [0.29, 0.717) is 43.6 Å². The second-order valence-electron chi connectivity index (χ2n) is 7.16. The average Bonchev–Trinajstić information content (AvgIpc) is 3.23. The van der Waals surface area contributed by atoms with Crippen LogP contribution in [0.25, 0.3) is 0 Å². The van der Waals surface area contributed by atoms with Gasteiger partial charge in [0.15, 0.2) is 9.34 Å². The molecule has 32 heavy (non-hydrogen) atoms. The Morgan fingerprint density at radius 2 is 1.81 bits per heavy atom. The molecule has 4 rings (SSSR count). The molecule has 1 aliphatic rings. The van der Waals surface area contributed by atoms with Gasteiger partial charge in [-0.1, -0.05) is 11.3 Å². The number of hydrogen-bond acceptors (Lipinski definition) is 10. The van der Waals surface area contributed by atoms with Gasteiger partial charge in [0.05, 0.1) is 6.20 Å². The van der Waals surface area contributed by atoms with Crippen LogP contribution < -0.4 is 15.5 Å². The number of thiazole rings is 1. The van der Waals surface area contributed by atoms with Crippen LogP contribution in [-0.2, 0) is 14.8 Å². The molecule has 0 aliphatic carbocycles. The van der Waals surface area contributed by atoms with E-state index in [2.05, 4.69) is 30.6 Å². The summed E-state index contributed by atoms with van der Waals surface area (Å²) in [7, 11) is -3.68. The Hall–Kier alpha value is -3.16. The van der Waals surface area contributed by atoms with E-state index in [1.807, 2.05) is 30.0 Å². The standard InChI is InChI=1S/C19H22N8O3S2/c1-13-3-4-20-15(9-13)25-16-10-17(23-12-22-16)26-5-7-27(8-6-26)32(29,30)18-11-21-19(31-18)24-14(2)28/h3-4,9-12H,5-8H2,1-2H3,(H,21,24,28)(H,20,22,23,25). The lowest BCUT2D eigenvalue weighted by Crippen LogP contribution is -2.48. The highest BCUT2D eigenvalue weighted by Crippen LogP contribution is 2.27. The zero-order chi connectivity index (χ0) is 22.7. The Morgan fingerprint density at radius 1 is 1.06 bits per heavy atom. The summed E-state index contributed by atoms with van der Waals surface area (Å²) >= 11 is 0.942. The molecule has 1 aliphatic heterocycles. The van der Waals surface area contributed by atoms with Crippen LogP contribution in [0.5, 0.6) is 0 Å². The normalized spacial score (nSPS) is 14.9. The van der Waals surface area contributed by atoms with Gasteiger partial charge in [-0.3, -0.25) is 4.79 Å². The van der Waals surface area contributed by atoms with Gasteiger partial charge in [0.2, 0.25) is 5.91 Å². The summed E-state index contributed by atoms with van der Waals surface area (Å²) in [5.41, 5.74) is 1.08. The second kappa shape index (κ2) is 9.14. The molecule has 0 radical (unpaired) electrons. The summed E-state index contributed by atoms with van der Waals surface area (Å²) < 4.78 is 27.4. The minimum absolute atomic E-state index is 0.105. The maximum atomic E-state index is 12.9. The number of nitrogens with one attached hydrogen (secondary N) is 2. The first-order valence-corrected chi connectivity index (χ1v) is 12.1. The van der Waals surface area contributed by atoms with Gasteiger partial charge in [-0.15, -0.1) is 0 Å². The highest BCUT2D eigenvalue weighted by molar-refractivity contribution is 7.91. The van der Waals surface area contributed by atoms with E-state index in [0.717, 1.165) is 16.9 Å². The molecule has 4 heterocycles. The van der Waals surface area contributed by atoms with Crippen molar-refractivity contribution in [2.24, 2.45) is 0 Å². The number of piperazine rings is 1. The molecule has 1 amide bonds. The third-order valence-electron chi connectivity index (χ3n) is 4.75. The lowest BCUT2D eigenvalue weighted by atomic mass is 10.3. The fourth-order valence-corrected chi connectivity index (χ4v) is 5.85. The number of anilines is 4. The largest absolute Gasteiger partial charge is 0.354 e. The van der Waals surface area contributed by atoms with Crippen molar-refractivity contribution >= 4 is 49.9 Å². The molecule has 2 N–H and O–H groups in total. The summed E-state index contributed by atoms with van der Waals surface area (Å²) in [6.45, 7) is 4.91. The van der Waals surface area contributed by atoms with Crippen molar-refractivity contribution in [3.05, 3.63) is 42.5 Å². The second-order valence-corrected chi connectivity index (χ2v) is 10.4. The maximum Gasteiger partial charge on any atom is 0.254 e. The fourth-order valence-electron chi connectivity index (χ4n) is 3.20. The van der Waals surface area contributed by atoms with Gasteiger partial charge in [-0.05, 0) is 24.6 Å². The Morgan fingerprint density at radius 3 is 2.53 bits per heavy atom. The maximum absolute atomic E-state index is 12.9. The lowest BCUT2D eigenvalue weighted by molar-refractivity contribution is -0.114. The average molecular weight is 475 g/mol. The van der Waals surface area contributed by atoms with E-state index in [9.17, 15) is 13.2 Å². The summed E-state index contributed by atoms with van der Waals surface area (Å²) in [6, 6.07) is 5.65. The molecule has 13 heteroatoms. The highest BCUT2D eigenvalue weighted by Gasteiger charge is 2.30. The first-order chi connectivity index (χ1) is 15.3. The van der Waals surface area contributed by atoms with Crippen LogP contribution in [0.2, 0.25) is 0 Å². The van der Waals surface area contributed by atoms with Gasteiger partial charge in [0, 0.05) is 45.4 Å². The topological polar surface area (TPSA) is 133 Å². The Labute approximate surface area is 189 Å². The number of carbonyl (C=O) groups is 1. The van der Waals surface area contributed by atoms with Crippen LogP contribution in [0.1, 0.15) is 12.5 Å². The smallest absolute Gasteiger partial charge is 0.254 e. The van der Waals surface area contributed by atoms with Gasteiger partial charge >= 0.3 is 0 Å². The molecule has 3 aromatic rings. The predicted molar refractivity (Wildman–Crippen MR) is 122 cm³/mol. The van der Waals surface area contributed by atoms with Gasteiger partial charge in [0.1, 0.15) is 23.8 Å². The number of amides is 1. The van der Waals surface area contributed by atoms with E-state index < -0.39 is 10.0 Å². The molecule has 0 spiro atoms. The Balaban J connectivity index is 1.41. The van der Waals surface area contributed by atoms with Crippen LogP contribution in [-0.4, -0.2) is 64.7 Å². The lowest BCUT2D eigenvalue weighted by Gasteiger charge is -2.34. The summed E-state index contributed by atoms with van der Waals surface area (Å²) in [5, 5.41) is 5.93. The molecule has 168 valence electrons. The highest BCUT2D eigenvalue weighted by atomic mass is 32.2. The number of hydrogen-bond donors (Lipinski definition) is 2. The minimum atomic E-state index is -3.68. The third-order valence-corrected chi connectivity index (χ3v) is 8.00. The Bertz CT molecular complexity index is 1220. The zero-order valence-corrected chi connectivity index (χ0v) is 19.2. The molecule has 0 saturated carbocycles. The quantitative estimate of drug-likeness (QED) is 0.549. The van der Waals surface area contributed by atoms with Crippen molar-refractivity contribution in [2.45, 2.75) is 18.1 Å². The van der Waals surface area contributed by atoms with E-state index in [1.54, 1.807) is 6.20 Å². The SMILES string of the molecule is CC(=O)Nc1ncc(S(=O)(=O)N2CCN(c3cc(Nc4cc(C)ccn4)ncn3)CC2)s1. The minimum Gasteiger partial charge on any atom is -0.354 e. The molecule has 1 fully saturated rings. The van der Waals surface area contributed by atoms with Crippen LogP contribution in [0.3, 0.4) is 0 Å². The molecule has 11 nitrogen and oxygen atoms in total. The van der Waals surface area contributed by atoms with Crippen LogP contribution in [0.4, 0.5) is 22.6 Å². The zero-order valence-electron chi connectivity index (χ0n) is 17.5. The van der Waals surface area contributed by atoms with Gasteiger partial charge in [-0.2, -0.15) is 4.31 Å². The first-order valence-electron chi connectivity index (χ1n) is 9.81. The van der Waals surface area contributed by atoms with E-state index >= 15 is 0 Å². The van der Waals surface area contributed by atoms with Crippen LogP contribution in [0, 0.1) is 6.92 Å². The van der Waals surface area contributed by atoms with Gasteiger partial charge in [-0.25, -0.2) is 28.4 Å². The van der Waals surface area contributed by atoms with Crippen molar-refractivity contribution in [1.82, 2.24) is 24.2 Å². The van der Waals surface area contributed by atoms with Crippen molar-refractivity contribution in [3.63, 3.8) is 0 Å². The molecule has 0 unspecified atom stereocenters. The molecule has 1 saturated heterocycles. The van der Waals surface area contributed by atoms with Crippen molar-refractivity contribution in [2.75, 3.05) is 41.7 Å². The first kappa shape index (κ1) is 22.0. The third kappa shape index (κ3) is 5.00. The van der Waals surface area contributed by atoms with Crippen LogP contribution in [0.15, 0.2) is 41.1 Å². The number of pyridine rings is 1. The van der Waals surface area contributed by atoms with E-state index in [-0.39, 0.29) is 15.2 Å². The summed E-state index contributed by atoms with van der Waals surface area (Å²) in [6.07, 6.45) is 4.47. The number of nitrogens with zero attached hydrogens (tertiary/aromatic N) is 6. The van der Waals surface area contributed by atoms with Crippen molar-refractivity contribution < 1.29 is 13.2 Å². The fraction of sp³-hybridized carbons (Fsp3) is 0.316. The number of rotatable bonds is 6. The van der Waals surface area contributed by atoms with Crippen molar-refractivity contribution in [3.8, 4) is 0 Å². The molecular weight excluding hydrogens is 452 g/mol. The number of aromatic nitrogens is 4. The molecular formula is C19H22N8O3S2. The molecule has 3 aromatic heterocycles. The van der Waals surface area contributed by atoms with Gasteiger partial charge < -0.3 is 15.5 Å². The van der Waals surface area contributed by atoms with Crippen LogP contribution >= 0.6 is 11.3 Å². The summed E-state index contributed by atoms with van der Waals surface area (Å²) in [5.74, 6) is 1.71.